The fraction of sp³-hybridized carbons (Fsp3) is 0.333. The minimum absolute atomic E-state index is 0.0811. The molecule has 4 aromatic rings. The van der Waals surface area contributed by atoms with E-state index in [0.29, 0.717) is 31.3 Å². The third kappa shape index (κ3) is 4.56. The number of piperazine rings is 1. The highest BCUT2D eigenvalue weighted by molar-refractivity contribution is 5.83. The van der Waals surface area contributed by atoms with Gasteiger partial charge >= 0.3 is 6.09 Å². The molecule has 0 saturated carbocycles. The number of anilines is 1. The van der Waals surface area contributed by atoms with Crippen LogP contribution in [-0.4, -0.2) is 61.9 Å². The van der Waals surface area contributed by atoms with Crippen molar-refractivity contribution in [3.05, 3.63) is 60.8 Å². The van der Waals surface area contributed by atoms with E-state index in [2.05, 4.69) is 9.99 Å². The summed E-state index contributed by atoms with van der Waals surface area (Å²) in [5, 5.41) is 2.17. The number of carbonyl (C=O) groups excluding carboxylic acids is 1. The van der Waals surface area contributed by atoms with Gasteiger partial charge in [-0.25, -0.2) is 24.4 Å². The molecule has 1 aromatic carbocycles. The lowest BCUT2D eigenvalue weighted by Crippen LogP contribution is -2.58. The van der Waals surface area contributed by atoms with Crippen molar-refractivity contribution in [1.82, 2.24) is 24.5 Å². The molecule has 0 unspecified atom stereocenters. The molecule has 0 aliphatic carbocycles. The summed E-state index contributed by atoms with van der Waals surface area (Å²) in [6, 6.07) is 17.7. The zero-order valence-corrected chi connectivity index (χ0v) is 21.0. The first kappa shape index (κ1) is 23.6. The van der Waals surface area contributed by atoms with Crippen LogP contribution in [0.3, 0.4) is 0 Å². The first-order valence-electron chi connectivity index (χ1n) is 12.1. The molecule has 0 spiro atoms. The number of ether oxygens (including phenoxy) is 1. The molecule has 1 aliphatic heterocycles. The van der Waals surface area contributed by atoms with E-state index in [4.69, 9.17) is 20.4 Å². The summed E-state index contributed by atoms with van der Waals surface area (Å²) in [6.45, 7) is 9.33. The minimum atomic E-state index is -0.544. The number of hydrogen-bond donors (Lipinski definition) is 1. The van der Waals surface area contributed by atoms with E-state index in [1.807, 2.05) is 87.0 Å². The topological polar surface area (TPSA) is 102 Å². The second-order valence-electron chi connectivity index (χ2n) is 10.0. The zero-order chi connectivity index (χ0) is 25.4. The van der Waals surface area contributed by atoms with Crippen molar-refractivity contribution in [2.24, 2.45) is 0 Å². The van der Waals surface area contributed by atoms with Crippen LogP contribution in [0, 0.1) is 0 Å². The number of benzene rings is 1. The molecule has 1 saturated heterocycles. The summed E-state index contributed by atoms with van der Waals surface area (Å²) in [7, 11) is 0. The summed E-state index contributed by atoms with van der Waals surface area (Å²) in [5.41, 5.74) is 9.83. The Bertz CT molecular complexity index is 1390. The lowest BCUT2D eigenvalue weighted by Gasteiger charge is -2.41. The number of pyridine rings is 2. The first-order chi connectivity index (χ1) is 17.2. The van der Waals surface area contributed by atoms with E-state index in [1.165, 1.54) is 0 Å². The van der Waals surface area contributed by atoms with Crippen LogP contribution in [0.15, 0.2) is 60.8 Å². The molecule has 3 aromatic heterocycles. The molecule has 5 rings (SSSR count). The van der Waals surface area contributed by atoms with Gasteiger partial charge in [-0.3, -0.25) is 0 Å². The van der Waals surface area contributed by atoms with Crippen molar-refractivity contribution in [3.8, 4) is 22.6 Å². The third-order valence-electron chi connectivity index (χ3n) is 6.15. The Morgan fingerprint density at radius 1 is 1.03 bits per heavy atom. The van der Waals surface area contributed by atoms with Gasteiger partial charge in [0.05, 0.1) is 30.4 Å². The maximum atomic E-state index is 12.8. The van der Waals surface area contributed by atoms with Gasteiger partial charge < -0.3 is 20.4 Å². The van der Waals surface area contributed by atoms with Gasteiger partial charge in [-0.2, -0.15) is 0 Å². The fourth-order valence-electron chi connectivity index (χ4n) is 4.48. The van der Waals surface area contributed by atoms with Crippen LogP contribution in [0.1, 0.15) is 27.7 Å². The summed E-state index contributed by atoms with van der Waals surface area (Å²) in [5.74, 6) is 1.07. The summed E-state index contributed by atoms with van der Waals surface area (Å²) in [6.07, 6.45) is 1.37. The van der Waals surface area contributed by atoms with E-state index in [0.717, 1.165) is 28.0 Å². The highest BCUT2D eigenvalue weighted by atomic mass is 16.6. The van der Waals surface area contributed by atoms with Crippen LogP contribution < -0.4 is 10.7 Å². The van der Waals surface area contributed by atoms with Crippen LogP contribution in [0.5, 0.6) is 0 Å². The number of rotatable bonds is 3. The van der Waals surface area contributed by atoms with Gasteiger partial charge in [0.2, 0.25) is 0 Å². The van der Waals surface area contributed by atoms with Crippen molar-refractivity contribution >= 4 is 23.1 Å². The molecule has 36 heavy (non-hydrogen) atoms. The van der Waals surface area contributed by atoms with E-state index in [1.54, 1.807) is 11.1 Å². The number of nitrogens with two attached hydrogens (primary N) is 1. The number of nitrogen functional groups attached to an aromatic ring is 1. The molecule has 1 fully saturated rings. The van der Waals surface area contributed by atoms with Crippen LogP contribution in [-0.2, 0) is 4.74 Å². The van der Waals surface area contributed by atoms with Gasteiger partial charge in [-0.05, 0) is 52.0 Å². The standard InChI is InChI=1S/C27H31N7O2/c1-18-17-32(15-16-33(18)26(35)36-27(2,3)4)34-24(20-11-8-14-29-23(20)28)31-22-13-12-21(30-25(22)34)19-9-6-5-7-10-19/h5-14,18H,15-17H2,1-4H3,(H2,28,29)/t18-/m0/s1. The van der Waals surface area contributed by atoms with Gasteiger partial charge in [-0.1, -0.05) is 30.3 Å². The van der Waals surface area contributed by atoms with Crippen molar-refractivity contribution in [3.63, 3.8) is 0 Å². The highest BCUT2D eigenvalue weighted by Gasteiger charge is 2.33. The largest absolute Gasteiger partial charge is 0.444 e. The van der Waals surface area contributed by atoms with Crippen molar-refractivity contribution in [2.75, 3.05) is 30.4 Å². The Morgan fingerprint density at radius 2 is 1.81 bits per heavy atom. The number of imidazole rings is 1. The Labute approximate surface area is 210 Å². The number of fused-ring (bicyclic) bond motifs is 1. The molecule has 4 heterocycles. The monoisotopic (exact) mass is 485 g/mol. The van der Waals surface area contributed by atoms with E-state index < -0.39 is 5.60 Å². The number of carbonyl (C=O) groups is 1. The summed E-state index contributed by atoms with van der Waals surface area (Å²) >= 11 is 0. The maximum Gasteiger partial charge on any atom is 0.410 e. The van der Waals surface area contributed by atoms with Gasteiger partial charge in [-0.15, -0.1) is 0 Å². The van der Waals surface area contributed by atoms with E-state index in [9.17, 15) is 4.79 Å². The normalized spacial score (nSPS) is 16.4. The van der Waals surface area contributed by atoms with E-state index in [-0.39, 0.29) is 12.1 Å². The molecule has 9 nitrogen and oxygen atoms in total. The smallest absolute Gasteiger partial charge is 0.410 e. The number of amides is 1. The first-order valence-corrected chi connectivity index (χ1v) is 12.1. The van der Waals surface area contributed by atoms with Crippen LogP contribution in [0.2, 0.25) is 0 Å². The van der Waals surface area contributed by atoms with Crippen LogP contribution in [0.4, 0.5) is 10.6 Å². The van der Waals surface area contributed by atoms with Gasteiger partial charge in [0.1, 0.15) is 16.9 Å². The zero-order valence-electron chi connectivity index (χ0n) is 21.0. The van der Waals surface area contributed by atoms with Crippen molar-refractivity contribution in [1.29, 1.82) is 0 Å². The molecule has 0 radical (unpaired) electrons. The van der Waals surface area contributed by atoms with Crippen molar-refractivity contribution in [2.45, 2.75) is 39.3 Å². The van der Waals surface area contributed by atoms with Gasteiger partial charge in [0.25, 0.3) is 0 Å². The number of hydrogen-bond acceptors (Lipinski definition) is 7. The third-order valence-corrected chi connectivity index (χ3v) is 6.15. The minimum Gasteiger partial charge on any atom is -0.444 e. The Hall–Kier alpha value is -4.14. The summed E-state index contributed by atoms with van der Waals surface area (Å²) < 4.78 is 7.66. The Morgan fingerprint density at radius 3 is 2.50 bits per heavy atom. The second-order valence-corrected chi connectivity index (χ2v) is 10.0. The number of aromatic nitrogens is 4. The van der Waals surface area contributed by atoms with Gasteiger partial charge in [0.15, 0.2) is 11.5 Å². The lowest BCUT2D eigenvalue weighted by atomic mass is 10.1. The quantitative estimate of drug-likeness (QED) is 0.461. The highest BCUT2D eigenvalue weighted by Crippen LogP contribution is 2.30. The molecular formula is C27H31N7O2. The Balaban J connectivity index is 1.57. The Kier molecular flexibility index (Phi) is 5.99. The van der Waals surface area contributed by atoms with Crippen LogP contribution in [0.25, 0.3) is 33.8 Å². The molecule has 2 N–H and O–H groups in total. The lowest BCUT2D eigenvalue weighted by molar-refractivity contribution is 0.0147. The average Bonchev–Trinajstić information content (AvgIpc) is 3.22. The van der Waals surface area contributed by atoms with E-state index >= 15 is 0 Å². The van der Waals surface area contributed by atoms with Gasteiger partial charge in [0, 0.05) is 18.3 Å². The molecular weight excluding hydrogens is 454 g/mol. The molecule has 1 aliphatic rings. The fourth-order valence-corrected chi connectivity index (χ4v) is 4.48. The number of nitrogens with zero attached hydrogens (tertiary/aromatic N) is 6. The van der Waals surface area contributed by atoms with Crippen LogP contribution >= 0.6 is 0 Å². The SMILES string of the molecule is C[C@H]1CN(n2c(-c3cccnc3N)nc3ccc(-c4ccccc4)nc32)CCN1C(=O)OC(C)(C)C. The molecule has 1 amide bonds. The molecule has 0 bridgehead atoms. The maximum absolute atomic E-state index is 12.8. The molecule has 186 valence electrons. The molecule has 9 heteroatoms. The summed E-state index contributed by atoms with van der Waals surface area (Å²) in [4.78, 5) is 28.8. The van der Waals surface area contributed by atoms with Crippen molar-refractivity contribution < 1.29 is 9.53 Å². The predicted molar refractivity (Wildman–Crippen MR) is 141 cm³/mol. The predicted octanol–water partition coefficient (Wildman–Crippen LogP) is 4.32. The second kappa shape index (κ2) is 9.14. The molecule has 1 atom stereocenters. The average molecular weight is 486 g/mol.